The largest absolute Gasteiger partial charge is 0.394 e. The van der Waals surface area contributed by atoms with Crippen LogP contribution in [0.5, 0.6) is 0 Å². The highest BCUT2D eigenvalue weighted by molar-refractivity contribution is 5.82. The van der Waals surface area contributed by atoms with E-state index in [1.165, 1.54) is 16.3 Å². The lowest BCUT2D eigenvalue weighted by Gasteiger charge is -2.47. The summed E-state index contributed by atoms with van der Waals surface area (Å²) in [4.78, 5) is 0. The van der Waals surface area contributed by atoms with Crippen molar-refractivity contribution in [1.82, 2.24) is 0 Å². The molecule has 2 aromatic carbocycles. The predicted molar refractivity (Wildman–Crippen MR) is 151 cm³/mol. The van der Waals surface area contributed by atoms with Crippen LogP contribution in [0.3, 0.4) is 0 Å². The van der Waals surface area contributed by atoms with Gasteiger partial charge < -0.3 is 38.6 Å². The van der Waals surface area contributed by atoms with Crippen LogP contribution in [0.15, 0.2) is 66.8 Å². The number of ether oxygens (including phenoxy) is 6. The molecule has 8 heteroatoms. The highest BCUT2D eigenvalue weighted by Gasteiger charge is 2.48. The van der Waals surface area contributed by atoms with E-state index in [-0.39, 0.29) is 61.5 Å². The molecule has 8 nitrogen and oxygen atoms in total. The number of rotatable bonds is 4. The molecule has 41 heavy (non-hydrogen) atoms. The van der Waals surface area contributed by atoms with Gasteiger partial charge >= 0.3 is 0 Å². The Morgan fingerprint density at radius 2 is 1.51 bits per heavy atom. The highest BCUT2D eigenvalue weighted by atomic mass is 16.6. The predicted octanol–water partition coefficient (Wildman–Crippen LogP) is 3.61. The summed E-state index contributed by atoms with van der Waals surface area (Å²) in [6.07, 6.45) is 8.66. The fourth-order valence-electron chi connectivity index (χ4n) is 6.92. The zero-order valence-electron chi connectivity index (χ0n) is 23.2. The van der Waals surface area contributed by atoms with Crippen molar-refractivity contribution in [3.05, 3.63) is 72.3 Å². The van der Waals surface area contributed by atoms with Crippen LogP contribution in [-0.4, -0.2) is 90.6 Å². The molecule has 0 aliphatic carbocycles. The Kier molecular flexibility index (Phi) is 8.25. The fraction of sp³-hybridized carbons (Fsp3) is 0.576. The molecule has 0 saturated carbocycles. The van der Waals surface area contributed by atoms with Crippen LogP contribution < -0.4 is 0 Å². The maximum atomic E-state index is 10.3. The van der Waals surface area contributed by atoms with Crippen LogP contribution in [0.25, 0.3) is 10.8 Å². The Morgan fingerprint density at radius 1 is 0.756 bits per heavy atom. The first kappa shape index (κ1) is 27.7. The van der Waals surface area contributed by atoms with E-state index in [2.05, 4.69) is 42.5 Å². The molecule has 5 heterocycles. The van der Waals surface area contributed by atoms with Gasteiger partial charge in [0, 0.05) is 25.9 Å². The zero-order valence-corrected chi connectivity index (χ0v) is 23.2. The van der Waals surface area contributed by atoms with Crippen molar-refractivity contribution in [3.8, 4) is 0 Å². The lowest BCUT2D eigenvalue weighted by Crippen LogP contribution is -2.56. The van der Waals surface area contributed by atoms with E-state index >= 15 is 0 Å². The molecule has 11 atom stereocenters. The first-order valence-electron chi connectivity index (χ1n) is 15.1. The van der Waals surface area contributed by atoms with Gasteiger partial charge in [-0.05, 0) is 35.2 Å². The molecule has 5 aliphatic heterocycles. The molecular weight excluding hydrogens is 524 g/mol. The van der Waals surface area contributed by atoms with Crippen molar-refractivity contribution >= 4 is 10.8 Å². The molecule has 0 aromatic heterocycles. The van der Waals surface area contributed by atoms with E-state index < -0.39 is 12.2 Å². The summed E-state index contributed by atoms with van der Waals surface area (Å²) in [5.41, 5.74) is 1.17. The maximum absolute atomic E-state index is 10.3. The number of benzene rings is 2. The molecule has 0 bridgehead atoms. The molecule has 7 rings (SSSR count). The lowest BCUT2D eigenvalue weighted by molar-refractivity contribution is -0.254. The third-order valence-electron chi connectivity index (χ3n) is 9.17. The monoisotopic (exact) mass is 564 g/mol. The molecule has 3 fully saturated rings. The van der Waals surface area contributed by atoms with Crippen molar-refractivity contribution in [1.29, 1.82) is 0 Å². The minimum absolute atomic E-state index is 0.0207. The molecule has 2 N–H and O–H groups in total. The first-order chi connectivity index (χ1) is 20.1. The van der Waals surface area contributed by atoms with Gasteiger partial charge in [0.15, 0.2) is 0 Å². The van der Waals surface area contributed by atoms with E-state index in [1.807, 2.05) is 18.2 Å². The Labute approximate surface area is 240 Å². The Morgan fingerprint density at radius 3 is 2.39 bits per heavy atom. The van der Waals surface area contributed by atoms with Crippen molar-refractivity contribution in [2.75, 3.05) is 13.2 Å². The minimum atomic E-state index is -0.847. The molecule has 0 amide bonds. The van der Waals surface area contributed by atoms with Crippen molar-refractivity contribution < 1.29 is 38.6 Å². The van der Waals surface area contributed by atoms with Crippen molar-refractivity contribution in [2.45, 2.75) is 106 Å². The average Bonchev–Trinajstić information content (AvgIpc) is 3.28. The van der Waals surface area contributed by atoms with Gasteiger partial charge in [0.1, 0.15) is 24.4 Å². The van der Waals surface area contributed by atoms with Gasteiger partial charge in [0.25, 0.3) is 0 Å². The lowest BCUT2D eigenvalue weighted by atomic mass is 9.89. The van der Waals surface area contributed by atoms with Gasteiger partial charge in [-0.2, -0.15) is 0 Å². The average molecular weight is 565 g/mol. The number of aliphatic hydroxyl groups is 2. The molecule has 3 saturated heterocycles. The first-order valence-corrected chi connectivity index (χ1v) is 15.1. The van der Waals surface area contributed by atoms with E-state index in [1.54, 1.807) is 6.08 Å². The normalized spacial score (nSPS) is 41.5. The van der Waals surface area contributed by atoms with E-state index in [0.717, 1.165) is 25.7 Å². The maximum Gasteiger partial charge on any atom is 0.111 e. The number of fused-ring (bicyclic) bond motifs is 5. The summed E-state index contributed by atoms with van der Waals surface area (Å²) in [7, 11) is 0. The molecular formula is C33H40O8. The molecule has 220 valence electrons. The van der Waals surface area contributed by atoms with Gasteiger partial charge in [0.2, 0.25) is 0 Å². The smallest absolute Gasteiger partial charge is 0.111 e. The Balaban J connectivity index is 0.990. The van der Waals surface area contributed by atoms with Crippen molar-refractivity contribution in [3.63, 3.8) is 0 Å². The van der Waals surface area contributed by atoms with Gasteiger partial charge in [-0.3, -0.25) is 0 Å². The van der Waals surface area contributed by atoms with E-state index in [4.69, 9.17) is 28.4 Å². The quantitative estimate of drug-likeness (QED) is 0.544. The Hall–Kier alpha value is -2.14. The van der Waals surface area contributed by atoms with Gasteiger partial charge in [-0.15, -0.1) is 0 Å². The fourth-order valence-corrected chi connectivity index (χ4v) is 6.92. The molecule has 0 radical (unpaired) electrons. The second-order valence-electron chi connectivity index (χ2n) is 11.9. The van der Waals surface area contributed by atoms with Crippen LogP contribution in [0.2, 0.25) is 0 Å². The third kappa shape index (κ3) is 6.03. The summed E-state index contributed by atoms with van der Waals surface area (Å²) >= 11 is 0. The minimum Gasteiger partial charge on any atom is -0.394 e. The topological polar surface area (TPSA) is 95.8 Å². The van der Waals surface area contributed by atoms with Crippen LogP contribution >= 0.6 is 0 Å². The Bertz CT molecular complexity index is 1250. The van der Waals surface area contributed by atoms with E-state index in [9.17, 15) is 10.2 Å². The SMILES string of the molecule is OC[C@H]1O[C@H]2C=C[C@H]3O[C@H]4C[C@H]5OCC[C@H](OCc6ccc7ccccc7c6)C[C@@H]5O[C@@H]4C[C@@H]3O[C@@H]2C/C=C\[C@@H]1O. The molecule has 2 aromatic rings. The molecule has 0 unspecified atom stereocenters. The highest BCUT2D eigenvalue weighted by Crippen LogP contribution is 2.39. The standard InChI is InChI=1S/C33H40O8/c34-18-33-24(35)6-3-7-25-26(40-33)10-11-27-30(38-25)17-32-31(39-27)16-28-29(41-32)15-23(12-13-36-28)37-19-20-8-9-21-4-1-2-5-22(21)14-20/h1-6,8-11,14,23-35H,7,12-13,15-19H2/b6-3-/t23-,24-,25+,26-,27+,28+,29-,30-,31-,32+,33+/m0/s1. The van der Waals surface area contributed by atoms with Crippen LogP contribution in [0.4, 0.5) is 0 Å². The zero-order chi connectivity index (χ0) is 27.8. The summed E-state index contributed by atoms with van der Waals surface area (Å²) in [5.74, 6) is 0. The summed E-state index contributed by atoms with van der Waals surface area (Å²) < 4.78 is 38.6. The summed E-state index contributed by atoms with van der Waals surface area (Å²) in [6.45, 7) is 0.949. The second kappa shape index (κ2) is 12.2. The van der Waals surface area contributed by atoms with Crippen molar-refractivity contribution in [2.24, 2.45) is 0 Å². The van der Waals surface area contributed by atoms with Crippen LogP contribution in [0.1, 0.15) is 37.7 Å². The third-order valence-corrected chi connectivity index (χ3v) is 9.17. The summed E-state index contributed by atoms with van der Waals surface area (Å²) in [5, 5.41) is 22.4. The van der Waals surface area contributed by atoms with Gasteiger partial charge in [0.05, 0.1) is 55.9 Å². The summed E-state index contributed by atoms with van der Waals surface area (Å²) in [6, 6.07) is 14.9. The van der Waals surface area contributed by atoms with E-state index in [0.29, 0.717) is 19.6 Å². The number of hydrogen-bond acceptors (Lipinski definition) is 8. The second-order valence-corrected chi connectivity index (χ2v) is 11.9. The van der Waals surface area contributed by atoms with Gasteiger partial charge in [-0.25, -0.2) is 0 Å². The number of hydrogen-bond donors (Lipinski definition) is 2. The van der Waals surface area contributed by atoms with Gasteiger partial charge in [-0.1, -0.05) is 60.7 Å². The molecule has 5 aliphatic rings. The molecule has 0 spiro atoms. The van der Waals surface area contributed by atoms with Crippen LogP contribution in [0, 0.1) is 0 Å². The van der Waals surface area contributed by atoms with Crippen LogP contribution in [-0.2, 0) is 35.0 Å². The number of aliphatic hydroxyl groups excluding tert-OH is 2.